The molecule has 3 heterocycles. The van der Waals surface area contributed by atoms with Gasteiger partial charge in [0.05, 0.1) is 5.69 Å². The first kappa shape index (κ1) is 16.5. The molecule has 1 aliphatic heterocycles. The third-order valence-corrected chi connectivity index (χ3v) is 5.07. The third kappa shape index (κ3) is 3.03. The molecule has 4 nitrogen and oxygen atoms in total. The van der Waals surface area contributed by atoms with Gasteiger partial charge in [-0.3, -0.25) is 9.20 Å². The lowest BCUT2D eigenvalue weighted by Gasteiger charge is -2.35. The van der Waals surface area contributed by atoms with Crippen molar-refractivity contribution in [2.75, 3.05) is 13.1 Å². The summed E-state index contributed by atoms with van der Waals surface area (Å²) in [6.45, 7) is 10.2. The van der Waals surface area contributed by atoms with Gasteiger partial charge in [0.25, 0.3) is 5.91 Å². The van der Waals surface area contributed by atoms with Gasteiger partial charge in [0, 0.05) is 23.8 Å². The summed E-state index contributed by atoms with van der Waals surface area (Å²) in [5.74, 6) is 1.23. The summed E-state index contributed by atoms with van der Waals surface area (Å²) in [5, 5.41) is 0. The minimum absolute atomic E-state index is 0.116. The molecular formula is C18H24BrN3O. The Labute approximate surface area is 146 Å². The van der Waals surface area contributed by atoms with E-state index in [9.17, 15) is 4.79 Å². The highest BCUT2D eigenvalue weighted by Gasteiger charge is 2.29. The van der Waals surface area contributed by atoms with Crippen molar-refractivity contribution < 1.29 is 4.79 Å². The molecule has 2 aromatic rings. The van der Waals surface area contributed by atoms with Crippen LogP contribution in [-0.4, -0.2) is 33.3 Å². The van der Waals surface area contributed by atoms with E-state index in [1.165, 1.54) is 6.42 Å². The van der Waals surface area contributed by atoms with Crippen molar-refractivity contribution >= 4 is 27.5 Å². The molecule has 2 atom stereocenters. The lowest BCUT2D eigenvalue weighted by molar-refractivity contribution is 0.0615. The van der Waals surface area contributed by atoms with Gasteiger partial charge in [0.2, 0.25) is 0 Å². The summed E-state index contributed by atoms with van der Waals surface area (Å²) >= 11 is 3.54. The number of likely N-dealkylation sites (tertiary alicyclic amines) is 1. The zero-order valence-electron chi connectivity index (χ0n) is 14.3. The van der Waals surface area contributed by atoms with Gasteiger partial charge >= 0.3 is 0 Å². The highest BCUT2D eigenvalue weighted by atomic mass is 79.9. The van der Waals surface area contributed by atoms with Crippen LogP contribution in [0.5, 0.6) is 0 Å². The number of carbonyl (C=O) groups excluding carboxylic acids is 1. The first-order valence-electron chi connectivity index (χ1n) is 8.37. The molecule has 2 unspecified atom stereocenters. The number of pyridine rings is 1. The van der Waals surface area contributed by atoms with E-state index >= 15 is 0 Å². The number of fused-ring (bicyclic) bond motifs is 1. The Balaban J connectivity index is 2.09. The second-order valence-electron chi connectivity index (χ2n) is 6.95. The van der Waals surface area contributed by atoms with Crippen LogP contribution in [0.4, 0.5) is 0 Å². The van der Waals surface area contributed by atoms with Gasteiger partial charge in [-0.05, 0) is 59.2 Å². The monoisotopic (exact) mass is 377 g/mol. The van der Waals surface area contributed by atoms with Crippen LogP contribution in [0, 0.1) is 18.8 Å². The lowest BCUT2D eigenvalue weighted by Crippen LogP contribution is -2.43. The van der Waals surface area contributed by atoms with Gasteiger partial charge in [0.1, 0.15) is 11.3 Å². The van der Waals surface area contributed by atoms with Crippen LogP contribution in [0.1, 0.15) is 48.9 Å². The van der Waals surface area contributed by atoms with E-state index in [0.29, 0.717) is 11.8 Å². The van der Waals surface area contributed by atoms with Gasteiger partial charge in [-0.1, -0.05) is 20.8 Å². The highest BCUT2D eigenvalue weighted by Crippen LogP contribution is 2.26. The molecule has 0 aliphatic carbocycles. The number of piperidine rings is 1. The molecule has 1 saturated heterocycles. The molecule has 0 spiro atoms. The molecule has 23 heavy (non-hydrogen) atoms. The van der Waals surface area contributed by atoms with Crippen molar-refractivity contribution in [1.29, 1.82) is 0 Å². The Morgan fingerprint density at radius 3 is 2.61 bits per heavy atom. The number of nitrogens with zero attached hydrogens (tertiary/aromatic N) is 3. The van der Waals surface area contributed by atoms with Crippen LogP contribution < -0.4 is 0 Å². The van der Waals surface area contributed by atoms with Gasteiger partial charge in [-0.2, -0.15) is 0 Å². The smallest absolute Gasteiger partial charge is 0.272 e. The van der Waals surface area contributed by atoms with Crippen molar-refractivity contribution in [2.45, 2.75) is 40.5 Å². The molecule has 0 N–H and O–H groups in total. The molecule has 5 heteroatoms. The van der Waals surface area contributed by atoms with Crippen molar-refractivity contribution in [1.82, 2.24) is 14.3 Å². The summed E-state index contributed by atoms with van der Waals surface area (Å²) in [4.78, 5) is 20.0. The predicted octanol–water partition coefficient (Wildman–Crippen LogP) is 4.09. The molecule has 2 aromatic heterocycles. The van der Waals surface area contributed by atoms with Crippen LogP contribution in [-0.2, 0) is 6.42 Å². The third-order valence-electron chi connectivity index (χ3n) is 4.64. The topological polar surface area (TPSA) is 37.6 Å². The number of carbonyl (C=O) groups is 1. The predicted molar refractivity (Wildman–Crippen MR) is 95.9 cm³/mol. The van der Waals surface area contributed by atoms with Crippen molar-refractivity contribution in [2.24, 2.45) is 11.8 Å². The van der Waals surface area contributed by atoms with Gasteiger partial charge in [0.15, 0.2) is 0 Å². The average molecular weight is 378 g/mol. The number of imidazole rings is 1. The van der Waals surface area contributed by atoms with Crippen LogP contribution in [0.3, 0.4) is 0 Å². The maximum Gasteiger partial charge on any atom is 0.272 e. The number of hydrogen-bond acceptors (Lipinski definition) is 2. The molecule has 1 fully saturated rings. The number of hydrogen-bond donors (Lipinski definition) is 0. The largest absolute Gasteiger partial charge is 0.337 e. The molecule has 1 amide bonds. The van der Waals surface area contributed by atoms with Crippen LogP contribution >= 0.6 is 15.9 Å². The fourth-order valence-corrected chi connectivity index (χ4v) is 4.32. The maximum atomic E-state index is 13.2. The first-order chi connectivity index (χ1) is 10.9. The summed E-state index contributed by atoms with van der Waals surface area (Å²) in [6, 6.07) is 2.04. The van der Waals surface area contributed by atoms with Crippen molar-refractivity contribution in [3.8, 4) is 0 Å². The van der Waals surface area contributed by atoms with Crippen LogP contribution in [0.15, 0.2) is 16.7 Å². The molecule has 0 radical (unpaired) electrons. The van der Waals surface area contributed by atoms with Crippen LogP contribution in [0.25, 0.3) is 5.65 Å². The molecule has 124 valence electrons. The summed E-state index contributed by atoms with van der Waals surface area (Å²) < 4.78 is 2.93. The SMILES string of the molecule is CCc1nc2c(C)cc(Br)cn2c1C(=O)N1CC(C)CC(C)C1. The van der Waals surface area contributed by atoms with E-state index in [1.54, 1.807) is 0 Å². The Morgan fingerprint density at radius 2 is 2.00 bits per heavy atom. The van der Waals surface area contributed by atoms with Crippen LogP contribution in [0.2, 0.25) is 0 Å². The molecule has 0 saturated carbocycles. The number of halogens is 1. The average Bonchev–Trinajstić information content (AvgIpc) is 2.84. The van der Waals surface area contributed by atoms with Gasteiger partial charge in [-0.25, -0.2) is 4.98 Å². The number of rotatable bonds is 2. The fraction of sp³-hybridized carbons (Fsp3) is 0.556. The second-order valence-corrected chi connectivity index (χ2v) is 7.87. The van der Waals surface area contributed by atoms with Crippen molar-refractivity contribution in [3.05, 3.63) is 33.7 Å². The van der Waals surface area contributed by atoms with E-state index in [-0.39, 0.29) is 5.91 Å². The Bertz CT molecular complexity index is 742. The highest BCUT2D eigenvalue weighted by molar-refractivity contribution is 9.10. The minimum Gasteiger partial charge on any atom is -0.337 e. The second kappa shape index (κ2) is 6.27. The summed E-state index contributed by atoms with van der Waals surface area (Å²) in [6.07, 6.45) is 3.92. The van der Waals surface area contributed by atoms with Gasteiger partial charge < -0.3 is 4.90 Å². The maximum absolute atomic E-state index is 13.2. The zero-order chi connectivity index (χ0) is 16.7. The Morgan fingerprint density at radius 1 is 1.35 bits per heavy atom. The molecule has 1 aliphatic rings. The number of aromatic nitrogens is 2. The number of aryl methyl sites for hydroxylation is 2. The molecule has 3 rings (SSSR count). The standard InChI is InChI=1S/C18H24BrN3O/c1-5-15-16(18(23)21-8-11(2)6-12(3)9-21)22-10-14(19)7-13(4)17(22)20-15/h7,10-12H,5-6,8-9H2,1-4H3. The van der Waals surface area contributed by atoms with E-state index in [4.69, 9.17) is 4.98 Å². The minimum atomic E-state index is 0.116. The summed E-state index contributed by atoms with van der Waals surface area (Å²) in [7, 11) is 0. The van der Waals surface area contributed by atoms with E-state index in [2.05, 4.69) is 36.7 Å². The fourth-order valence-electron chi connectivity index (χ4n) is 3.77. The zero-order valence-corrected chi connectivity index (χ0v) is 15.9. The lowest BCUT2D eigenvalue weighted by atomic mass is 9.91. The quantitative estimate of drug-likeness (QED) is 0.790. The van der Waals surface area contributed by atoms with E-state index in [1.807, 2.05) is 28.5 Å². The van der Waals surface area contributed by atoms with Crippen molar-refractivity contribution in [3.63, 3.8) is 0 Å². The summed E-state index contributed by atoms with van der Waals surface area (Å²) in [5.41, 5.74) is 3.58. The normalized spacial score (nSPS) is 21.9. The molecule has 0 bridgehead atoms. The Hall–Kier alpha value is -1.36. The van der Waals surface area contributed by atoms with Gasteiger partial charge in [-0.15, -0.1) is 0 Å². The number of amides is 1. The molecule has 0 aromatic carbocycles. The Kier molecular flexibility index (Phi) is 4.50. The first-order valence-corrected chi connectivity index (χ1v) is 9.16. The van der Waals surface area contributed by atoms with E-state index < -0.39 is 0 Å². The molecular weight excluding hydrogens is 354 g/mol. The van der Waals surface area contributed by atoms with E-state index in [0.717, 1.165) is 46.6 Å².